The van der Waals surface area contributed by atoms with Crippen molar-refractivity contribution >= 4 is 17.7 Å². The topological polar surface area (TPSA) is 87.3 Å². The first-order chi connectivity index (χ1) is 12.2. The molecule has 0 aliphatic heterocycles. The number of H-pyrrole nitrogens is 1. The second kappa shape index (κ2) is 8.03. The van der Waals surface area contributed by atoms with Crippen LogP contribution in [0.5, 0.6) is 0 Å². The highest BCUT2D eigenvalue weighted by Gasteiger charge is 2.23. The van der Waals surface area contributed by atoms with Crippen molar-refractivity contribution in [3.8, 4) is 0 Å². The molecular weight excluding hydrogens is 332 g/mol. The molecule has 2 N–H and O–H groups in total. The number of carbonyl (C=O) groups is 2. The summed E-state index contributed by atoms with van der Waals surface area (Å²) in [4.78, 5) is 33.9. The number of pyridine rings is 1. The van der Waals surface area contributed by atoms with Crippen molar-refractivity contribution in [2.24, 2.45) is 0 Å². The predicted octanol–water partition coefficient (Wildman–Crippen LogP) is 2.59. The van der Waals surface area contributed by atoms with E-state index in [1.165, 1.54) is 0 Å². The fraction of sp³-hybridized carbons (Fsp3) is 0.421. The molecule has 140 valence electrons. The van der Waals surface area contributed by atoms with Crippen molar-refractivity contribution < 1.29 is 14.3 Å². The maximum Gasteiger partial charge on any atom is 0.340 e. The van der Waals surface area contributed by atoms with Crippen LogP contribution in [0.2, 0.25) is 0 Å². The molecule has 0 fully saturated rings. The highest BCUT2D eigenvalue weighted by Crippen LogP contribution is 2.20. The van der Waals surface area contributed by atoms with Crippen molar-refractivity contribution in [2.75, 3.05) is 19.0 Å². The van der Waals surface area contributed by atoms with Gasteiger partial charge in [-0.15, -0.1) is 0 Å². The van der Waals surface area contributed by atoms with Crippen LogP contribution in [-0.2, 0) is 11.3 Å². The van der Waals surface area contributed by atoms with E-state index in [4.69, 9.17) is 4.74 Å². The Morgan fingerprint density at radius 3 is 2.50 bits per heavy atom. The smallest absolute Gasteiger partial charge is 0.340 e. The van der Waals surface area contributed by atoms with Gasteiger partial charge in [0.25, 0.3) is 5.91 Å². The van der Waals surface area contributed by atoms with Crippen molar-refractivity contribution in [2.45, 2.75) is 40.3 Å². The Bertz CT molecular complexity index is 792. The van der Waals surface area contributed by atoms with Gasteiger partial charge >= 0.3 is 5.97 Å². The summed E-state index contributed by atoms with van der Waals surface area (Å²) in [5, 5.41) is 2.85. The van der Waals surface area contributed by atoms with Gasteiger partial charge in [-0.2, -0.15) is 0 Å². The lowest BCUT2D eigenvalue weighted by Crippen LogP contribution is -2.24. The summed E-state index contributed by atoms with van der Waals surface area (Å²) in [6.07, 6.45) is 1.51. The van der Waals surface area contributed by atoms with Crippen LogP contribution in [0.25, 0.3) is 0 Å². The number of aromatic nitrogens is 2. The lowest BCUT2D eigenvalue weighted by Gasteiger charge is -2.11. The number of aryl methyl sites for hydroxylation is 1. The van der Waals surface area contributed by atoms with Gasteiger partial charge in [0, 0.05) is 32.5 Å². The third-order valence-electron chi connectivity index (χ3n) is 3.93. The number of anilines is 1. The minimum absolute atomic E-state index is 0.217. The van der Waals surface area contributed by atoms with E-state index in [9.17, 15) is 9.59 Å². The van der Waals surface area contributed by atoms with Crippen molar-refractivity contribution in [1.29, 1.82) is 0 Å². The predicted molar refractivity (Wildman–Crippen MR) is 101 cm³/mol. The molecule has 0 spiro atoms. The van der Waals surface area contributed by atoms with Crippen LogP contribution in [0.3, 0.4) is 0 Å². The molecule has 0 aliphatic rings. The molecule has 0 saturated heterocycles. The summed E-state index contributed by atoms with van der Waals surface area (Å²) in [5.41, 5.74) is 2.89. The summed E-state index contributed by atoms with van der Waals surface area (Å²) in [5.74, 6) is 0.156. The van der Waals surface area contributed by atoms with Crippen LogP contribution in [-0.4, -0.2) is 42.0 Å². The lowest BCUT2D eigenvalue weighted by atomic mass is 10.1. The zero-order valence-electron chi connectivity index (χ0n) is 16.1. The fourth-order valence-corrected chi connectivity index (χ4v) is 2.61. The standard InChI is InChI=1S/C19H26N4O3/c1-11(2)26-19(25)16-12(3)17(22-13(16)4)18(24)21-10-14-7-8-15(20-9-14)23(5)6/h7-9,11,22H,10H2,1-6H3,(H,21,24). The van der Waals surface area contributed by atoms with E-state index in [0.717, 1.165) is 11.4 Å². The molecule has 0 bridgehead atoms. The Labute approximate surface area is 153 Å². The molecule has 0 saturated carbocycles. The average Bonchev–Trinajstić information content (AvgIpc) is 2.87. The van der Waals surface area contributed by atoms with E-state index >= 15 is 0 Å². The van der Waals surface area contributed by atoms with E-state index in [2.05, 4.69) is 15.3 Å². The van der Waals surface area contributed by atoms with Gasteiger partial charge in [0.1, 0.15) is 11.5 Å². The number of esters is 1. The van der Waals surface area contributed by atoms with Gasteiger partial charge in [-0.3, -0.25) is 4.79 Å². The van der Waals surface area contributed by atoms with Crippen molar-refractivity contribution in [3.63, 3.8) is 0 Å². The Morgan fingerprint density at radius 1 is 1.27 bits per heavy atom. The number of rotatable bonds is 6. The zero-order chi connectivity index (χ0) is 19.4. The Morgan fingerprint density at radius 2 is 1.96 bits per heavy atom. The van der Waals surface area contributed by atoms with Gasteiger partial charge in [-0.05, 0) is 44.9 Å². The quantitative estimate of drug-likeness (QED) is 0.775. The number of nitrogens with one attached hydrogen (secondary N) is 2. The Hall–Kier alpha value is -2.83. The van der Waals surface area contributed by atoms with E-state index in [1.54, 1.807) is 33.9 Å². The van der Waals surface area contributed by atoms with Gasteiger partial charge in [0.15, 0.2) is 0 Å². The van der Waals surface area contributed by atoms with E-state index < -0.39 is 5.97 Å². The highest BCUT2D eigenvalue weighted by molar-refractivity contribution is 6.00. The largest absolute Gasteiger partial charge is 0.459 e. The van der Waals surface area contributed by atoms with E-state index in [1.807, 2.05) is 31.1 Å². The maximum absolute atomic E-state index is 12.5. The SMILES string of the molecule is Cc1[nH]c(C(=O)NCc2ccc(N(C)C)nc2)c(C)c1C(=O)OC(C)C. The molecule has 0 aliphatic carbocycles. The van der Waals surface area contributed by atoms with Gasteiger partial charge < -0.3 is 19.9 Å². The molecular formula is C19H26N4O3. The molecule has 7 heteroatoms. The molecule has 2 rings (SSSR count). The second-order valence-electron chi connectivity index (χ2n) is 6.68. The first kappa shape index (κ1) is 19.5. The first-order valence-corrected chi connectivity index (χ1v) is 8.51. The molecule has 2 aromatic rings. The molecule has 2 heterocycles. The first-order valence-electron chi connectivity index (χ1n) is 8.51. The third-order valence-corrected chi connectivity index (χ3v) is 3.93. The Kier molecular flexibility index (Phi) is 6.02. The molecule has 2 aromatic heterocycles. The number of nitrogens with zero attached hydrogens (tertiary/aromatic N) is 2. The number of ether oxygens (including phenoxy) is 1. The van der Waals surface area contributed by atoms with E-state index in [0.29, 0.717) is 29.1 Å². The summed E-state index contributed by atoms with van der Waals surface area (Å²) < 4.78 is 5.25. The summed E-state index contributed by atoms with van der Waals surface area (Å²) >= 11 is 0. The average molecular weight is 358 g/mol. The molecule has 0 radical (unpaired) electrons. The van der Waals surface area contributed by atoms with Gasteiger partial charge in [-0.25, -0.2) is 9.78 Å². The minimum atomic E-state index is -0.422. The summed E-state index contributed by atoms with van der Waals surface area (Å²) in [6.45, 7) is 7.42. The number of hydrogen-bond acceptors (Lipinski definition) is 5. The summed E-state index contributed by atoms with van der Waals surface area (Å²) in [6, 6.07) is 3.81. The normalized spacial score (nSPS) is 10.7. The number of amides is 1. The zero-order valence-corrected chi connectivity index (χ0v) is 16.1. The molecule has 7 nitrogen and oxygen atoms in total. The molecule has 26 heavy (non-hydrogen) atoms. The van der Waals surface area contributed by atoms with Crippen LogP contribution in [0.15, 0.2) is 18.3 Å². The van der Waals surface area contributed by atoms with Gasteiger partial charge in [0.2, 0.25) is 0 Å². The van der Waals surface area contributed by atoms with E-state index in [-0.39, 0.29) is 12.0 Å². The Balaban J connectivity index is 2.09. The molecule has 0 atom stereocenters. The van der Waals surface area contributed by atoms with Gasteiger partial charge in [0.05, 0.1) is 11.7 Å². The minimum Gasteiger partial charge on any atom is -0.459 e. The summed E-state index contributed by atoms with van der Waals surface area (Å²) in [7, 11) is 3.84. The monoisotopic (exact) mass is 358 g/mol. The lowest BCUT2D eigenvalue weighted by molar-refractivity contribution is 0.0376. The maximum atomic E-state index is 12.5. The molecule has 0 aromatic carbocycles. The number of carbonyl (C=O) groups excluding carboxylic acids is 2. The number of hydrogen-bond donors (Lipinski definition) is 2. The molecule has 1 amide bonds. The van der Waals surface area contributed by atoms with Gasteiger partial charge in [-0.1, -0.05) is 6.07 Å². The van der Waals surface area contributed by atoms with Crippen LogP contribution in [0, 0.1) is 13.8 Å². The number of aromatic amines is 1. The molecule has 0 unspecified atom stereocenters. The van der Waals surface area contributed by atoms with Crippen LogP contribution in [0.1, 0.15) is 51.5 Å². The van der Waals surface area contributed by atoms with Crippen LogP contribution in [0.4, 0.5) is 5.82 Å². The van der Waals surface area contributed by atoms with Crippen LogP contribution < -0.4 is 10.2 Å². The third kappa shape index (κ3) is 4.41. The highest BCUT2D eigenvalue weighted by atomic mass is 16.5. The van der Waals surface area contributed by atoms with Crippen molar-refractivity contribution in [1.82, 2.24) is 15.3 Å². The fourth-order valence-electron chi connectivity index (χ4n) is 2.61. The van der Waals surface area contributed by atoms with Crippen molar-refractivity contribution in [3.05, 3.63) is 46.4 Å². The second-order valence-corrected chi connectivity index (χ2v) is 6.68. The van der Waals surface area contributed by atoms with Crippen LogP contribution >= 0.6 is 0 Å².